The number of urea groups is 1. The van der Waals surface area contributed by atoms with Gasteiger partial charge in [0.1, 0.15) is 0 Å². The molecule has 30 valence electrons. The summed E-state index contributed by atoms with van der Waals surface area (Å²) >= 11 is 0. The molecular formula is CH3N2NaO2. The second kappa shape index (κ2) is 5.23. The second-order valence-corrected chi connectivity index (χ2v) is 0.466. The Kier molecular flexibility index (Phi) is 8.30. The maximum atomic E-state index is 9.17. The zero-order chi connectivity index (χ0) is 4.28. The van der Waals surface area contributed by atoms with E-state index in [9.17, 15) is 0 Å². The minimum Gasteiger partial charge on any atom is -0.758 e. The first-order valence-electron chi connectivity index (χ1n) is 0.947. The van der Waals surface area contributed by atoms with E-state index < -0.39 is 6.03 Å². The van der Waals surface area contributed by atoms with Crippen LogP contribution in [0.3, 0.4) is 0 Å². The van der Waals surface area contributed by atoms with Crippen molar-refractivity contribution >= 4 is 6.03 Å². The van der Waals surface area contributed by atoms with Crippen LogP contribution in [-0.4, -0.2) is 6.03 Å². The standard InChI is InChI=1S/CH3N2O2.Na/c2-1(4)3-5;/h(H3-,2,3,4,5);/q-1;+1. The summed E-state index contributed by atoms with van der Waals surface area (Å²) in [4.78, 5) is 9.17. The Morgan fingerprint density at radius 1 is 1.83 bits per heavy atom. The van der Waals surface area contributed by atoms with E-state index in [-0.39, 0.29) is 29.6 Å². The maximum Gasteiger partial charge on any atom is 1.00 e. The molecule has 0 unspecified atom stereocenters. The molecule has 0 atom stereocenters. The van der Waals surface area contributed by atoms with Gasteiger partial charge in [-0.05, 0) is 0 Å². The molecule has 0 radical (unpaired) electrons. The number of nitrogens with two attached hydrogens (primary N) is 1. The van der Waals surface area contributed by atoms with Crippen LogP contribution < -0.4 is 40.8 Å². The first kappa shape index (κ1) is 9.52. The molecule has 3 N–H and O–H groups in total. The normalized spacial score (nSPS) is 5.50. The van der Waals surface area contributed by atoms with Crippen molar-refractivity contribution in [1.29, 1.82) is 0 Å². The van der Waals surface area contributed by atoms with Crippen LogP contribution in [0.4, 0.5) is 4.79 Å². The molecule has 0 aliphatic carbocycles. The van der Waals surface area contributed by atoms with Crippen molar-refractivity contribution in [3.8, 4) is 0 Å². The van der Waals surface area contributed by atoms with E-state index >= 15 is 0 Å². The van der Waals surface area contributed by atoms with E-state index in [0.29, 0.717) is 0 Å². The summed E-state index contributed by atoms with van der Waals surface area (Å²) in [5.41, 5.74) is 5.15. The minimum absolute atomic E-state index is 0. The number of carbonyl (C=O) groups excluding carboxylic acids is 1. The zero-order valence-corrected chi connectivity index (χ0v) is 5.39. The molecule has 0 spiro atoms. The number of carbonyl (C=O) groups is 1. The van der Waals surface area contributed by atoms with Crippen LogP contribution >= 0.6 is 0 Å². The largest absolute Gasteiger partial charge is 1.00 e. The minimum atomic E-state index is -1.05. The van der Waals surface area contributed by atoms with Crippen molar-refractivity contribution in [3.63, 3.8) is 0 Å². The number of hydrogen-bond donors (Lipinski definition) is 2. The quantitative estimate of drug-likeness (QED) is 0.240. The van der Waals surface area contributed by atoms with Crippen LogP contribution in [-0.2, 0) is 0 Å². The average Bonchev–Trinajstić information content (AvgIpc) is 1.38. The van der Waals surface area contributed by atoms with Gasteiger partial charge < -0.3 is 16.4 Å². The molecule has 0 fully saturated rings. The summed E-state index contributed by atoms with van der Waals surface area (Å²) in [5, 5.41) is 8.91. The monoisotopic (exact) mass is 98.0 g/mol. The predicted octanol–water partition coefficient (Wildman–Crippen LogP) is -3.84. The Bertz CT molecular complexity index is 46.8. The molecule has 0 rings (SSSR count). The van der Waals surface area contributed by atoms with Crippen molar-refractivity contribution in [3.05, 3.63) is 5.21 Å². The molecule has 0 aromatic heterocycles. The Labute approximate surface area is 57.0 Å². The Hall–Kier alpha value is 0.230. The first-order chi connectivity index (χ1) is 2.27. The summed E-state index contributed by atoms with van der Waals surface area (Å²) in [7, 11) is 0. The molecule has 0 bridgehead atoms. The number of amides is 2. The van der Waals surface area contributed by atoms with Crippen LogP contribution in [0.15, 0.2) is 0 Å². The Morgan fingerprint density at radius 2 is 2.00 bits per heavy atom. The van der Waals surface area contributed by atoms with E-state index in [0.717, 1.165) is 5.48 Å². The molecule has 0 saturated heterocycles. The van der Waals surface area contributed by atoms with Crippen molar-refractivity contribution in [2.24, 2.45) is 5.73 Å². The van der Waals surface area contributed by atoms with Gasteiger partial charge in [-0.2, -0.15) is 0 Å². The predicted molar refractivity (Wildman–Crippen MR) is 16.1 cm³/mol. The van der Waals surface area contributed by atoms with Gasteiger partial charge in [-0.1, -0.05) is 0 Å². The summed E-state index contributed by atoms with van der Waals surface area (Å²) < 4.78 is 0. The fourth-order valence-corrected chi connectivity index (χ4v) is 0. The molecule has 0 aromatic rings. The molecule has 4 nitrogen and oxygen atoms in total. The Morgan fingerprint density at radius 3 is 2.00 bits per heavy atom. The van der Waals surface area contributed by atoms with Gasteiger partial charge in [0, 0.05) is 0 Å². The second-order valence-electron chi connectivity index (χ2n) is 0.466. The van der Waals surface area contributed by atoms with E-state index in [1.165, 1.54) is 0 Å². The van der Waals surface area contributed by atoms with Gasteiger partial charge in [-0.15, -0.1) is 0 Å². The maximum absolute atomic E-state index is 9.17. The SMILES string of the molecule is NC(=O)N[O-].[Na+]. The third-order valence-electron chi connectivity index (χ3n) is 0.101. The number of nitrogens with one attached hydrogen (secondary N) is 1. The van der Waals surface area contributed by atoms with Crippen molar-refractivity contribution in [2.75, 3.05) is 0 Å². The Balaban J connectivity index is 0. The molecule has 0 saturated carbocycles. The molecule has 0 heterocycles. The third-order valence-corrected chi connectivity index (χ3v) is 0.101. The van der Waals surface area contributed by atoms with Gasteiger partial charge in [-0.3, -0.25) is 4.79 Å². The van der Waals surface area contributed by atoms with Crippen LogP contribution in [0.2, 0.25) is 0 Å². The number of rotatable bonds is 0. The topological polar surface area (TPSA) is 78.2 Å². The summed E-state index contributed by atoms with van der Waals surface area (Å²) in [6.07, 6.45) is 0. The van der Waals surface area contributed by atoms with Crippen LogP contribution in [0, 0.1) is 5.21 Å². The molecule has 6 heavy (non-hydrogen) atoms. The smallest absolute Gasteiger partial charge is 0.758 e. The van der Waals surface area contributed by atoms with Crippen molar-refractivity contribution in [2.45, 2.75) is 0 Å². The molecular weight excluding hydrogens is 95.0 g/mol. The first-order valence-corrected chi connectivity index (χ1v) is 0.947. The van der Waals surface area contributed by atoms with Crippen LogP contribution in [0.1, 0.15) is 0 Å². The zero-order valence-electron chi connectivity index (χ0n) is 3.39. The van der Waals surface area contributed by atoms with Gasteiger partial charge in [-0.25, -0.2) is 0 Å². The molecule has 0 aromatic carbocycles. The van der Waals surface area contributed by atoms with Gasteiger partial charge in [0.15, 0.2) is 0 Å². The molecule has 0 aliphatic rings. The van der Waals surface area contributed by atoms with E-state index in [1.54, 1.807) is 0 Å². The van der Waals surface area contributed by atoms with Gasteiger partial charge in [0.05, 0.1) is 0 Å². The third kappa shape index (κ3) is 8.87. The fourth-order valence-electron chi connectivity index (χ4n) is 0. The van der Waals surface area contributed by atoms with Gasteiger partial charge in [0.25, 0.3) is 0 Å². The van der Waals surface area contributed by atoms with E-state index in [2.05, 4.69) is 5.73 Å². The number of hydroxylamine groups is 1. The van der Waals surface area contributed by atoms with E-state index in [1.807, 2.05) is 0 Å². The summed E-state index contributed by atoms with van der Waals surface area (Å²) in [5.74, 6) is 0. The molecule has 0 aliphatic heterocycles. The number of primary amides is 1. The number of hydrogen-bond acceptors (Lipinski definition) is 2. The summed E-state index contributed by atoms with van der Waals surface area (Å²) in [6.45, 7) is 0. The van der Waals surface area contributed by atoms with Crippen molar-refractivity contribution < 1.29 is 34.4 Å². The molecule has 5 heteroatoms. The van der Waals surface area contributed by atoms with Gasteiger partial charge in [0.2, 0.25) is 0 Å². The summed E-state index contributed by atoms with van der Waals surface area (Å²) in [6, 6.07) is -1.05. The average molecular weight is 98.0 g/mol. The van der Waals surface area contributed by atoms with Crippen molar-refractivity contribution in [1.82, 2.24) is 5.48 Å². The fraction of sp³-hybridized carbons (Fsp3) is 0. The molecule has 2 amide bonds. The van der Waals surface area contributed by atoms with Crippen LogP contribution in [0.25, 0.3) is 0 Å². The van der Waals surface area contributed by atoms with Gasteiger partial charge >= 0.3 is 35.6 Å². The van der Waals surface area contributed by atoms with E-state index in [4.69, 9.17) is 10.0 Å². The van der Waals surface area contributed by atoms with Crippen LogP contribution in [0.5, 0.6) is 0 Å².